The van der Waals surface area contributed by atoms with Crippen LogP contribution < -0.4 is 11.1 Å². The molecule has 6 heteroatoms. The minimum atomic E-state index is 0. The maximum atomic E-state index is 11.9. The van der Waals surface area contributed by atoms with Crippen LogP contribution in [0.15, 0.2) is 24.3 Å². The first-order valence-corrected chi connectivity index (χ1v) is 9.11. The van der Waals surface area contributed by atoms with Crippen molar-refractivity contribution in [2.45, 2.75) is 44.9 Å². The molecule has 24 heavy (non-hydrogen) atoms. The number of amides is 1. The van der Waals surface area contributed by atoms with Gasteiger partial charge in [0, 0.05) is 23.5 Å². The molecule has 3 N–H and O–H groups in total. The molecule has 130 valence electrons. The normalized spacial score (nSPS) is 13.0. The lowest BCUT2D eigenvalue weighted by Gasteiger charge is -2.06. The Hall–Kier alpha value is -1.59. The van der Waals surface area contributed by atoms with Crippen LogP contribution in [0.5, 0.6) is 0 Å². The van der Waals surface area contributed by atoms with Gasteiger partial charge in [0.25, 0.3) is 0 Å². The predicted octanol–water partition coefficient (Wildman–Crippen LogP) is 3.32. The molecule has 1 aliphatic carbocycles. The van der Waals surface area contributed by atoms with Crippen LogP contribution in [-0.4, -0.2) is 17.4 Å². The average Bonchev–Trinajstić information content (AvgIpc) is 2.96. The molecule has 0 unspecified atom stereocenters. The van der Waals surface area contributed by atoms with Crippen molar-refractivity contribution in [2.75, 3.05) is 12.3 Å². The Labute approximate surface area is 153 Å². The molecule has 0 saturated heterocycles. The quantitative estimate of drug-likeness (QED) is 0.609. The van der Waals surface area contributed by atoms with Crippen LogP contribution >= 0.6 is 23.7 Å². The zero-order valence-electron chi connectivity index (χ0n) is 13.7. The Balaban J connectivity index is 0.00000208. The van der Waals surface area contributed by atoms with Gasteiger partial charge in [-0.3, -0.25) is 4.79 Å². The van der Waals surface area contributed by atoms with Gasteiger partial charge in [0.2, 0.25) is 5.91 Å². The highest BCUT2D eigenvalue weighted by Crippen LogP contribution is 2.27. The van der Waals surface area contributed by atoms with Gasteiger partial charge in [-0.15, -0.1) is 23.7 Å². The maximum Gasteiger partial charge on any atom is 0.224 e. The standard InChI is InChI=1S/C18H23N3OS.ClH/c19-14-9-7-13(8-10-14)12-17(22)20-11-3-6-18-21-15-4-1-2-5-16(15)23-18;/h7-10H,1-6,11-12,19H2,(H,20,22);1H. The molecule has 0 saturated carbocycles. The zero-order chi connectivity index (χ0) is 16.1. The second-order valence-electron chi connectivity index (χ2n) is 6.06. The zero-order valence-corrected chi connectivity index (χ0v) is 15.3. The summed E-state index contributed by atoms with van der Waals surface area (Å²) in [6.07, 6.45) is 7.23. The molecule has 0 aliphatic heterocycles. The number of nitrogen functional groups attached to an aromatic ring is 1. The van der Waals surface area contributed by atoms with Gasteiger partial charge in [0.15, 0.2) is 0 Å². The number of nitrogens with one attached hydrogen (secondary N) is 1. The van der Waals surface area contributed by atoms with Gasteiger partial charge in [0.1, 0.15) is 0 Å². The second kappa shape index (κ2) is 9.04. The number of aryl methyl sites for hydroxylation is 3. The van der Waals surface area contributed by atoms with Crippen LogP contribution in [0.3, 0.4) is 0 Å². The largest absolute Gasteiger partial charge is 0.399 e. The fourth-order valence-corrected chi connectivity index (χ4v) is 4.06. The van der Waals surface area contributed by atoms with Gasteiger partial charge in [0.05, 0.1) is 17.1 Å². The van der Waals surface area contributed by atoms with Gasteiger partial charge in [-0.05, 0) is 49.8 Å². The summed E-state index contributed by atoms with van der Waals surface area (Å²) < 4.78 is 0. The Bertz CT molecular complexity index is 646. The van der Waals surface area contributed by atoms with Crippen LogP contribution in [0.4, 0.5) is 5.69 Å². The molecule has 1 heterocycles. The number of rotatable bonds is 6. The Morgan fingerprint density at radius 3 is 2.71 bits per heavy atom. The van der Waals surface area contributed by atoms with Crippen molar-refractivity contribution in [2.24, 2.45) is 0 Å². The van der Waals surface area contributed by atoms with Gasteiger partial charge < -0.3 is 11.1 Å². The van der Waals surface area contributed by atoms with E-state index in [9.17, 15) is 4.79 Å². The van der Waals surface area contributed by atoms with Crippen molar-refractivity contribution >= 4 is 35.3 Å². The third-order valence-corrected chi connectivity index (χ3v) is 5.34. The van der Waals surface area contributed by atoms with Gasteiger partial charge in [-0.2, -0.15) is 0 Å². The molecule has 0 atom stereocenters. The molecule has 0 radical (unpaired) electrons. The number of fused-ring (bicyclic) bond motifs is 1. The van der Waals surface area contributed by atoms with Crippen LogP contribution in [0.2, 0.25) is 0 Å². The molecule has 1 aromatic heterocycles. The van der Waals surface area contributed by atoms with Crippen molar-refractivity contribution in [3.8, 4) is 0 Å². The molecule has 3 rings (SSSR count). The molecular formula is C18H24ClN3OS. The molecule has 2 aromatic rings. The molecule has 0 bridgehead atoms. The van der Waals surface area contributed by atoms with E-state index in [1.807, 2.05) is 35.6 Å². The lowest BCUT2D eigenvalue weighted by atomic mass is 10.0. The highest BCUT2D eigenvalue weighted by atomic mass is 35.5. The van der Waals surface area contributed by atoms with E-state index in [1.165, 1.54) is 34.8 Å². The Kier molecular flexibility index (Phi) is 7.06. The van der Waals surface area contributed by atoms with E-state index < -0.39 is 0 Å². The molecule has 1 aliphatic rings. The number of nitrogens with two attached hydrogens (primary N) is 1. The van der Waals surface area contributed by atoms with Crippen LogP contribution in [0.25, 0.3) is 0 Å². The maximum absolute atomic E-state index is 11.9. The van der Waals surface area contributed by atoms with Crippen LogP contribution in [0, 0.1) is 0 Å². The first-order chi connectivity index (χ1) is 11.2. The minimum Gasteiger partial charge on any atom is -0.399 e. The summed E-state index contributed by atoms with van der Waals surface area (Å²) in [4.78, 5) is 18.1. The highest BCUT2D eigenvalue weighted by molar-refractivity contribution is 7.11. The smallest absolute Gasteiger partial charge is 0.224 e. The van der Waals surface area contributed by atoms with E-state index in [1.54, 1.807) is 0 Å². The van der Waals surface area contributed by atoms with Crippen molar-refractivity contribution in [3.63, 3.8) is 0 Å². The predicted molar refractivity (Wildman–Crippen MR) is 102 cm³/mol. The number of hydrogen-bond acceptors (Lipinski definition) is 4. The van der Waals surface area contributed by atoms with Gasteiger partial charge in [-0.25, -0.2) is 4.98 Å². The Morgan fingerprint density at radius 2 is 1.96 bits per heavy atom. The SMILES string of the molecule is Cl.Nc1ccc(CC(=O)NCCCc2nc3c(s2)CCCC3)cc1. The molecule has 4 nitrogen and oxygen atoms in total. The van der Waals surface area contributed by atoms with Gasteiger partial charge in [-0.1, -0.05) is 12.1 Å². The fourth-order valence-electron chi connectivity index (χ4n) is 2.86. The van der Waals surface area contributed by atoms with E-state index in [0.29, 0.717) is 13.0 Å². The van der Waals surface area contributed by atoms with E-state index in [-0.39, 0.29) is 18.3 Å². The summed E-state index contributed by atoms with van der Waals surface area (Å²) in [7, 11) is 0. The molecule has 1 aromatic carbocycles. The number of nitrogens with zero attached hydrogens (tertiary/aromatic N) is 1. The number of carbonyl (C=O) groups is 1. The van der Waals surface area contributed by atoms with Crippen molar-refractivity contribution in [1.29, 1.82) is 0 Å². The number of hydrogen-bond donors (Lipinski definition) is 2. The Morgan fingerprint density at radius 1 is 1.21 bits per heavy atom. The summed E-state index contributed by atoms with van der Waals surface area (Å²) in [6, 6.07) is 7.45. The minimum absolute atomic E-state index is 0. The summed E-state index contributed by atoms with van der Waals surface area (Å²) in [5.41, 5.74) is 8.68. The topological polar surface area (TPSA) is 68.0 Å². The van der Waals surface area contributed by atoms with Crippen LogP contribution in [0.1, 0.15) is 40.4 Å². The number of halogens is 1. The van der Waals surface area contributed by atoms with Crippen molar-refractivity contribution in [3.05, 3.63) is 45.4 Å². The molecule has 0 spiro atoms. The highest BCUT2D eigenvalue weighted by Gasteiger charge is 2.14. The van der Waals surface area contributed by atoms with E-state index >= 15 is 0 Å². The second-order valence-corrected chi connectivity index (χ2v) is 7.22. The van der Waals surface area contributed by atoms with Gasteiger partial charge >= 0.3 is 0 Å². The lowest BCUT2D eigenvalue weighted by Crippen LogP contribution is -2.26. The number of carbonyl (C=O) groups excluding carboxylic acids is 1. The number of aromatic nitrogens is 1. The lowest BCUT2D eigenvalue weighted by molar-refractivity contribution is -0.120. The van der Waals surface area contributed by atoms with Crippen molar-refractivity contribution in [1.82, 2.24) is 10.3 Å². The first kappa shape index (κ1) is 18.7. The number of benzene rings is 1. The third-order valence-electron chi connectivity index (χ3n) is 4.12. The fraction of sp³-hybridized carbons (Fsp3) is 0.444. The number of anilines is 1. The molecule has 1 amide bonds. The molecular weight excluding hydrogens is 342 g/mol. The summed E-state index contributed by atoms with van der Waals surface area (Å²) in [5, 5.41) is 4.21. The van der Waals surface area contributed by atoms with E-state index in [0.717, 1.165) is 30.5 Å². The third kappa shape index (κ3) is 5.21. The van der Waals surface area contributed by atoms with E-state index in [4.69, 9.17) is 10.7 Å². The van der Waals surface area contributed by atoms with Crippen LogP contribution in [-0.2, 0) is 30.5 Å². The van der Waals surface area contributed by atoms with E-state index in [2.05, 4.69) is 5.32 Å². The van der Waals surface area contributed by atoms with Crippen molar-refractivity contribution < 1.29 is 4.79 Å². The summed E-state index contributed by atoms with van der Waals surface area (Å²) in [6.45, 7) is 0.706. The number of thiazole rings is 1. The average molecular weight is 366 g/mol. The summed E-state index contributed by atoms with van der Waals surface area (Å²) in [5.74, 6) is 0.0632. The monoisotopic (exact) mass is 365 g/mol. The molecule has 0 fully saturated rings. The summed E-state index contributed by atoms with van der Waals surface area (Å²) >= 11 is 1.86. The first-order valence-electron chi connectivity index (χ1n) is 8.29.